The van der Waals surface area contributed by atoms with E-state index < -0.39 is 11.9 Å². The summed E-state index contributed by atoms with van der Waals surface area (Å²) in [6.07, 6.45) is 39.8. The van der Waals surface area contributed by atoms with Crippen molar-refractivity contribution in [2.45, 2.75) is 285 Å². The van der Waals surface area contributed by atoms with Gasteiger partial charge in [-0.1, -0.05) is 209 Å². The molecule has 0 N–H and O–H groups in total. The van der Waals surface area contributed by atoms with Gasteiger partial charge in [0.05, 0.1) is 11.9 Å². The van der Waals surface area contributed by atoms with E-state index in [0.29, 0.717) is 24.2 Å². The van der Waals surface area contributed by atoms with Crippen LogP contribution < -0.4 is 10.2 Å². The molecule has 0 saturated carbocycles. The Morgan fingerprint density at radius 3 is 0.691 bits per heavy atom. The number of carboxylic acid groups (broad SMARTS) is 2. The standard InChI is InChI=1S/2C24H49NO2.Ca/c2*1-5-9-11-13-15-17-19-22(7-3)25(21-24(26)27)23(8-4)20-18-16-14-12-10-6-2;/h2*22-23H,5-21H2,1-4H3,(H,26,27);/q;;+2/p-2. The summed E-state index contributed by atoms with van der Waals surface area (Å²) >= 11 is 0. The molecule has 4 atom stereocenters. The largest absolute Gasteiger partial charge is 2.00 e. The van der Waals surface area contributed by atoms with E-state index in [0.717, 1.165) is 51.4 Å². The summed E-state index contributed by atoms with van der Waals surface area (Å²) in [7, 11) is 0. The molecule has 55 heavy (non-hydrogen) atoms. The number of unbranched alkanes of at least 4 members (excludes halogenated alkanes) is 20. The maximum Gasteiger partial charge on any atom is 2.00 e. The van der Waals surface area contributed by atoms with Crippen molar-refractivity contribution in [1.82, 2.24) is 9.80 Å². The number of hydrogen-bond donors (Lipinski definition) is 0. The van der Waals surface area contributed by atoms with Crippen molar-refractivity contribution in [3.8, 4) is 0 Å². The zero-order valence-electron chi connectivity index (χ0n) is 38.6. The third-order valence-electron chi connectivity index (χ3n) is 11.9. The van der Waals surface area contributed by atoms with Crippen LogP contribution >= 0.6 is 0 Å². The van der Waals surface area contributed by atoms with Gasteiger partial charge in [0.15, 0.2) is 0 Å². The second kappa shape index (κ2) is 45.2. The van der Waals surface area contributed by atoms with Gasteiger partial charge in [-0.15, -0.1) is 0 Å². The molecule has 0 aliphatic carbocycles. The number of carbonyl (C=O) groups is 2. The maximum atomic E-state index is 11.4. The minimum absolute atomic E-state index is 0. The first-order valence-corrected chi connectivity index (χ1v) is 24.1. The number of nitrogens with zero attached hydrogens (tertiary/aromatic N) is 2. The predicted octanol–water partition coefficient (Wildman–Crippen LogP) is 11.8. The summed E-state index contributed by atoms with van der Waals surface area (Å²) in [5, 5.41) is 22.8. The molecule has 0 heterocycles. The third-order valence-corrected chi connectivity index (χ3v) is 11.9. The Morgan fingerprint density at radius 1 is 0.345 bits per heavy atom. The van der Waals surface area contributed by atoms with Gasteiger partial charge in [0.25, 0.3) is 0 Å². The summed E-state index contributed by atoms with van der Waals surface area (Å²) < 4.78 is 0. The Kier molecular flexibility index (Phi) is 48.9. The van der Waals surface area contributed by atoms with Crippen LogP contribution in [0.2, 0.25) is 0 Å². The van der Waals surface area contributed by atoms with Crippen LogP contribution in [-0.4, -0.2) is 96.7 Å². The van der Waals surface area contributed by atoms with Crippen LogP contribution in [0.3, 0.4) is 0 Å². The monoisotopic (exact) mass is 805 g/mol. The van der Waals surface area contributed by atoms with E-state index in [-0.39, 0.29) is 50.8 Å². The molecule has 0 bridgehead atoms. The van der Waals surface area contributed by atoms with E-state index in [1.165, 1.54) is 154 Å². The molecular formula is C48H96CaN2O4. The maximum absolute atomic E-state index is 11.4. The molecule has 0 spiro atoms. The number of rotatable bonds is 40. The van der Waals surface area contributed by atoms with Crippen LogP contribution in [0.4, 0.5) is 0 Å². The van der Waals surface area contributed by atoms with E-state index in [9.17, 15) is 19.8 Å². The predicted molar refractivity (Wildman–Crippen MR) is 237 cm³/mol. The van der Waals surface area contributed by atoms with Crippen molar-refractivity contribution in [3.05, 3.63) is 0 Å². The van der Waals surface area contributed by atoms with E-state index in [2.05, 4.69) is 65.2 Å². The van der Waals surface area contributed by atoms with Crippen LogP contribution in [0, 0.1) is 0 Å². The Balaban J connectivity index is -0.000000966. The topological polar surface area (TPSA) is 86.7 Å². The number of carboxylic acids is 2. The van der Waals surface area contributed by atoms with Crippen LogP contribution in [0.15, 0.2) is 0 Å². The van der Waals surface area contributed by atoms with Gasteiger partial charge in [0.2, 0.25) is 0 Å². The molecule has 0 fully saturated rings. The normalized spacial score (nSPS) is 13.6. The fraction of sp³-hybridized carbons (Fsp3) is 0.958. The summed E-state index contributed by atoms with van der Waals surface area (Å²) in [5.74, 6) is -1.84. The first-order chi connectivity index (χ1) is 26.2. The minimum atomic E-state index is -0.919. The number of carbonyl (C=O) groups excluding carboxylic acids is 2. The summed E-state index contributed by atoms with van der Waals surface area (Å²) in [5.41, 5.74) is 0. The average Bonchev–Trinajstić information content (AvgIpc) is 3.16. The molecule has 324 valence electrons. The zero-order valence-corrected chi connectivity index (χ0v) is 40.8. The molecule has 0 saturated heterocycles. The molecule has 4 unspecified atom stereocenters. The van der Waals surface area contributed by atoms with Crippen molar-refractivity contribution >= 4 is 49.7 Å². The van der Waals surface area contributed by atoms with E-state index >= 15 is 0 Å². The van der Waals surface area contributed by atoms with Gasteiger partial charge >= 0.3 is 37.7 Å². The molecule has 0 radical (unpaired) electrons. The Bertz CT molecular complexity index is 688. The van der Waals surface area contributed by atoms with Gasteiger partial charge in [0, 0.05) is 37.3 Å². The molecule has 0 aromatic carbocycles. The molecule has 7 heteroatoms. The molecule has 6 nitrogen and oxygen atoms in total. The fourth-order valence-electron chi connectivity index (χ4n) is 8.47. The van der Waals surface area contributed by atoms with Crippen LogP contribution in [0.1, 0.15) is 261 Å². The second-order valence-corrected chi connectivity index (χ2v) is 16.6. The van der Waals surface area contributed by atoms with Crippen molar-refractivity contribution in [3.63, 3.8) is 0 Å². The summed E-state index contributed by atoms with van der Waals surface area (Å²) in [6, 6.07) is 1.55. The summed E-state index contributed by atoms with van der Waals surface area (Å²) in [4.78, 5) is 27.3. The van der Waals surface area contributed by atoms with Gasteiger partial charge in [-0.05, 0) is 51.4 Å². The Morgan fingerprint density at radius 2 is 0.527 bits per heavy atom. The SMILES string of the molecule is CCCCCCCCC(CC)N(CC(=O)[O-])C(CC)CCCCCCCC.CCCCCCCCC(CC)N(CC(=O)[O-])C(CC)CCCCCCCC.[Ca+2]. The van der Waals surface area contributed by atoms with Gasteiger partial charge < -0.3 is 19.8 Å². The number of hydrogen-bond acceptors (Lipinski definition) is 6. The molecule has 0 aromatic heterocycles. The number of aliphatic carboxylic acids is 2. The molecule has 0 aromatic rings. The summed E-state index contributed by atoms with van der Waals surface area (Å²) in [6.45, 7) is 18.0. The third kappa shape index (κ3) is 35.8. The van der Waals surface area contributed by atoms with Crippen LogP contribution in [0.25, 0.3) is 0 Å². The van der Waals surface area contributed by atoms with Crippen molar-refractivity contribution in [2.75, 3.05) is 13.1 Å². The van der Waals surface area contributed by atoms with Crippen molar-refractivity contribution < 1.29 is 19.8 Å². The van der Waals surface area contributed by atoms with Crippen LogP contribution in [-0.2, 0) is 9.59 Å². The molecular weight excluding hydrogens is 709 g/mol. The smallest absolute Gasteiger partial charge is 0.549 e. The van der Waals surface area contributed by atoms with Gasteiger partial charge in [-0.2, -0.15) is 0 Å². The van der Waals surface area contributed by atoms with Gasteiger partial charge in [-0.25, -0.2) is 0 Å². The average molecular weight is 805 g/mol. The van der Waals surface area contributed by atoms with E-state index in [4.69, 9.17) is 0 Å². The first kappa shape index (κ1) is 59.4. The first-order valence-electron chi connectivity index (χ1n) is 24.1. The van der Waals surface area contributed by atoms with E-state index in [1.54, 1.807) is 0 Å². The fourth-order valence-corrected chi connectivity index (χ4v) is 8.47. The van der Waals surface area contributed by atoms with Crippen molar-refractivity contribution in [2.24, 2.45) is 0 Å². The molecule has 0 aliphatic heterocycles. The Labute approximate surface area is 374 Å². The zero-order chi connectivity index (χ0) is 40.7. The van der Waals surface area contributed by atoms with Crippen LogP contribution in [0.5, 0.6) is 0 Å². The second-order valence-electron chi connectivity index (χ2n) is 16.6. The molecule has 0 rings (SSSR count). The molecule has 0 amide bonds. The Hall–Kier alpha value is 0.120. The molecule has 0 aliphatic rings. The quantitative estimate of drug-likeness (QED) is 0.0453. The van der Waals surface area contributed by atoms with E-state index in [1.807, 2.05) is 0 Å². The van der Waals surface area contributed by atoms with Crippen molar-refractivity contribution in [1.29, 1.82) is 0 Å². The van der Waals surface area contributed by atoms with Gasteiger partial charge in [0.1, 0.15) is 0 Å². The minimum Gasteiger partial charge on any atom is -0.549 e. The van der Waals surface area contributed by atoms with Gasteiger partial charge in [-0.3, -0.25) is 9.80 Å².